The first kappa shape index (κ1) is 29.6. The van der Waals surface area contributed by atoms with Gasteiger partial charge in [0.05, 0.1) is 17.1 Å². The van der Waals surface area contributed by atoms with Gasteiger partial charge in [-0.05, 0) is 48.9 Å². The Labute approximate surface area is 229 Å². The average molecular weight is 610 g/mol. The minimum Gasteiger partial charge on any atom is -0.369 e. The van der Waals surface area contributed by atoms with Crippen LogP contribution in [0, 0.1) is 0 Å². The summed E-state index contributed by atoms with van der Waals surface area (Å²) in [5.74, 6) is -0.955. The summed E-state index contributed by atoms with van der Waals surface area (Å²) >= 11 is 12.5. The molecule has 2 heterocycles. The highest BCUT2D eigenvalue weighted by Crippen LogP contribution is 2.32. The Bertz CT molecular complexity index is 1400. The molecule has 0 saturated heterocycles. The normalized spacial score (nSPS) is 11.7. The largest absolute Gasteiger partial charge is 0.417 e. The minimum atomic E-state index is -4.57. The number of benzene rings is 1. The molecule has 0 saturated carbocycles. The van der Waals surface area contributed by atoms with Crippen molar-refractivity contribution < 1.29 is 31.2 Å². The van der Waals surface area contributed by atoms with E-state index in [9.17, 15) is 31.2 Å². The SMILES string of the molecule is O=C(CCCNc1ncc(C(F)(F)F)cc1Cl)NNS(=O)(=O)c1ccc(CNC(=O)c2ccc(Cl)cc2)s1. The number of carbonyl (C=O) groups is 2. The van der Waals surface area contributed by atoms with Gasteiger partial charge in [0, 0.05) is 34.6 Å². The molecule has 0 bridgehead atoms. The molecule has 0 spiro atoms. The molecule has 9 nitrogen and oxygen atoms in total. The number of nitrogens with zero attached hydrogens (tertiary/aromatic N) is 1. The first-order valence-electron chi connectivity index (χ1n) is 10.7. The maximum absolute atomic E-state index is 12.7. The zero-order chi connectivity index (χ0) is 27.9. The van der Waals surface area contributed by atoms with Gasteiger partial charge >= 0.3 is 6.18 Å². The fraction of sp³-hybridized carbons (Fsp3) is 0.227. The van der Waals surface area contributed by atoms with Gasteiger partial charge in [0.25, 0.3) is 15.9 Å². The van der Waals surface area contributed by atoms with E-state index in [1.54, 1.807) is 24.3 Å². The van der Waals surface area contributed by atoms with E-state index < -0.39 is 27.7 Å². The summed E-state index contributed by atoms with van der Waals surface area (Å²) in [6.45, 7) is 0.243. The predicted octanol–water partition coefficient (Wildman–Crippen LogP) is 4.60. The molecule has 204 valence electrons. The number of hydrazine groups is 1. The first-order valence-corrected chi connectivity index (χ1v) is 13.8. The van der Waals surface area contributed by atoms with Gasteiger partial charge in [-0.2, -0.15) is 13.2 Å². The number of rotatable bonds is 11. The van der Waals surface area contributed by atoms with Crippen molar-refractivity contribution in [3.8, 4) is 0 Å². The van der Waals surface area contributed by atoms with Crippen LogP contribution in [0.4, 0.5) is 19.0 Å². The van der Waals surface area contributed by atoms with Crippen LogP contribution in [0.2, 0.25) is 10.0 Å². The number of nitrogens with one attached hydrogen (secondary N) is 4. The Morgan fingerprint density at radius 1 is 1.05 bits per heavy atom. The van der Waals surface area contributed by atoms with Crippen molar-refractivity contribution in [2.24, 2.45) is 0 Å². The molecule has 3 aromatic rings. The fourth-order valence-corrected chi connectivity index (χ4v) is 5.40. The van der Waals surface area contributed by atoms with E-state index >= 15 is 0 Å². The Morgan fingerprint density at radius 3 is 2.42 bits per heavy atom. The Morgan fingerprint density at radius 2 is 1.76 bits per heavy atom. The van der Waals surface area contributed by atoms with E-state index in [1.807, 2.05) is 4.83 Å². The molecule has 0 unspecified atom stereocenters. The number of amides is 2. The van der Waals surface area contributed by atoms with Crippen molar-refractivity contribution in [2.45, 2.75) is 29.8 Å². The summed E-state index contributed by atoms with van der Waals surface area (Å²) in [6, 6.07) is 9.89. The fourth-order valence-electron chi connectivity index (χ4n) is 2.88. The van der Waals surface area contributed by atoms with Crippen LogP contribution in [-0.4, -0.2) is 31.8 Å². The average Bonchev–Trinajstić information content (AvgIpc) is 3.35. The van der Waals surface area contributed by atoms with Crippen LogP contribution in [-0.2, 0) is 27.5 Å². The zero-order valence-corrected chi connectivity index (χ0v) is 22.4. The van der Waals surface area contributed by atoms with Crippen LogP contribution in [0.5, 0.6) is 0 Å². The quantitative estimate of drug-likeness (QED) is 0.186. The second kappa shape index (κ2) is 12.8. The second-order valence-corrected chi connectivity index (χ2v) is 11.6. The monoisotopic (exact) mass is 609 g/mol. The van der Waals surface area contributed by atoms with Crippen LogP contribution >= 0.6 is 34.5 Å². The van der Waals surface area contributed by atoms with Crippen LogP contribution in [0.15, 0.2) is 52.9 Å². The highest BCUT2D eigenvalue weighted by Gasteiger charge is 2.31. The Balaban J connectivity index is 1.41. The maximum atomic E-state index is 12.7. The summed E-state index contributed by atoms with van der Waals surface area (Å²) in [6.07, 6.45) is -3.82. The zero-order valence-electron chi connectivity index (χ0n) is 19.2. The summed E-state index contributed by atoms with van der Waals surface area (Å²) in [5.41, 5.74) is 1.51. The van der Waals surface area contributed by atoms with Gasteiger partial charge in [0.1, 0.15) is 10.0 Å². The standard InChI is InChI=1S/C22H20Cl2F3N5O4S2/c23-15-5-3-13(4-6-15)21(34)30-12-16-7-8-19(37-16)38(35,36)32-31-18(33)2-1-9-28-20-17(24)10-14(11-29-20)22(25,26)27/h3-8,10-11,32H,1-2,9,12H2,(H,28,29)(H,30,34)(H,31,33). The lowest BCUT2D eigenvalue weighted by molar-refractivity contribution is -0.137. The summed E-state index contributed by atoms with van der Waals surface area (Å²) in [7, 11) is -4.05. The van der Waals surface area contributed by atoms with Gasteiger partial charge < -0.3 is 10.6 Å². The predicted molar refractivity (Wildman–Crippen MR) is 137 cm³/mol. The van der Waals surface area contributed by atoms with Crippen molar-refractivity contribution in [3.63, 3.8) is 0 Å². The number of sulfonamides is 1. The van der Waals surface area contributed by atoms with E-state index in [0.29, 0.717) is 21.7 Å². The van der Waals surface area contributed by atoms with Crippen molar-refractivity contribution >= 4 is 62.2 Å². The number of hydrogen-bond donors (Lipinski definition) is 4. The van der Waals surface area contributed by atoms with Crippen LogP contribution in [0.25, 0.3) is 0 Å². The van der Waals surface area contributed by atoms with Gasteiger partial charge in [-0.1, -0.05) is 23.2 Å². The first-order chi connectivity index (χ1) is 17.8. The maximum Gasteiger partial charge on any atom is 0.417 e. The Kier molecular flexibility index (Phi) is 9.95. The topological polar surface area (TPSA) is 129 Å². The number of thiophene rings is 1. The molecule has 0 radical (unpaired) electrons. The van der Waals surface area contributed by atoms with Crippen LogP contribution < -0.4 is 20.9 Å². The minimum absolute atomic E-state index is 0.0265. The van der Waals surface area contributed by atoms with Gasteiger partial charge in [-0.15, -0.1) is 16.2 Å². The van der Waals surface area contributed by atoms with E-state index in [0.717, 1.165) is 17.4 Å². The molecule has 0 atom stereocenters. The van der Waals surface area contributed by atoms with E-state index in [4.69, 9.17) is 23.2 Å². The summed E-state index contributed by atoms with van der Waals surface area (Å²) in [4.78, 5) is 30.4. The van der Waals surface area contributed by atoms with Crippen LogP contribution in [0.3, 0.4) is 0 Å². The molecule has 3 rings (SSSR count). The molecule has 2 aromatic heterocycles. The number of aromatic nitrogens is 1. The third-order valence-corrected chi connectivity index (χ3v) is 8.16. The highest BCUT2D eigenvalue weighted by molar-refractivity contribution is 7.91. The molecule has 1 aromatic carbocycles. The molecule has 0 aliphatic rings. The molecule has 16 heteroatoms. The third kappa shape index (κ3) is 8.56. The lowest BCUT2D eigenvalue weighted by Gasteiger charge is -2.11. The van der Waals surface area contributed by atoms with Gasteiger partial charge in [0.15, 0.2) is 0 Å². The lowest BCUT2D eigenvalue weighted by atomic mass is 10.2. The number of hydrogen-bond acceptors (Lipinski definition) is 7. The molecule has 0 fully saturated rings. The molecule has 4 N–H and O–H groups in total. The smallest absolute Gasteiger partial charge is 0.369 e. The molecule has 0 aliphatic carbocycles. The number of anilines is 1. The molecular weight excluding hydrogens is 590 g/mol. The lowest BCUT2D eigenvalue weighted by Crippen LogP contribution is -2.41. The number of pyridine rings is 1. The number of halogens is 5. The van der Waals surface area contributed by atoms with E-state index in [-0.39, 0.29) is 46.9 Å². The summed E-state index contributed by atoms with van der Waals surface area (Å²) < 4.78 is 62.8. The highest BCUT2D eigenvalue weighted by atomic mass is 35.5. The molecule has 2 amide bonds. The Hall–Kier alpha value is -2.91. The van der Waals surface area contributed by atoms with E-state index in [1.165, 1.54) is 12.1 Å². The van der Waals surface area contributed by atoms with Gasteiger partial charge in [-0.25, -0.2) is 13.4 Å². The van der Waals surface area contributed by atoms with Gasteiger partial charge in [-0.3, -0.25) is 15.0 Å². The van der Waals surface area contributed by atoms with E-state index in [2.05, 4.69) is 21.0 Å². The molecule has 0 aliphatic heterocycles. The van der Waals surface area contributed by atoms with Crippen molar-refractivity contribution in [2.75, 3.05) is 11.9 Å². The molecular formula is C22H20Cl2F3N5O4S2. The third-order valence-electron chi connectivity index (χ3n) is 4.80. The second-order valence-electron chi connectivity index (χ2n) is 7.65. The molecule has 38 heavy (non-hydrogen) atoms. The van der Waals surface area contributed by atoms with Crippen molar-refractivity contribution in [3.05, 3.63) is 74.7 Å². The number of carbonyl (C=O) groups excluding carboxylic acids is 2. The number of alkyl halides is 3. The van der Waals surface area contributed by atoms with Crippen molar-refractivity contribution in [1.82, 2.24) is 20.6 Å². The summed E-state index contributed by atoms with van der Waals surface area (Å²) in [5, 5.41) is 5.66. The van der Waals surface area contributed by atoms with Gasteiger partial charge in [0.2, 0.25) is 5.91 Å². The van der Waals surface area contributed by atoms with Crippen molar-refractivity contribution in [1.29, 1.82) is 0 Å². The van der Waals surface area contributed by atoms with Crippen LogP contribution in [0.1, 0.15) is 33.6 Å².